The Hall–Kier alpha value is -4.01. The second kappa shape index (κ2) is 9.56. The molecule has 0 saturated carbocycles. The maximum atomic E-state index is 12.5. The van der Waals surface area contributed by atoms with Gasteiger partial charge in [-0.05, 0) is 72.4 Å². The van der Waals surface area contributed by atoms with Crippen LogP contribution in [0.5, 0.6) is 5.75 Å². The lowest BCUT2D eigenvalue weighted by atomic mass is 10.1. The Kier molecular flexibility index (Phi) is 6.30. The summed E-state index contributed by atoms with van der Waals surface area (Å²) in [5.41, 5.74) is 5.75. The normalized spacial score (nSPS) is 15.1. The number of hydrogen-bond donors (Lipinski definition) is 1. The number of esters is 1. The molecule has 0 spiro atoms. The van der Waals surface area contributed by atoms with Gasteiger partial charge in [0.15, 0.2) is 0 Å². The smallest absolute Gasteiger partial charge is 0.469 e. The Bertz CT molecular complexity index is 1400. The van der Waals surface area contributed by atoms with Gasteiger partial charge in [0.05, 0.1) is 24.2 Å². The number of methoxy groups -OCH3 is 1. The van der Waals surface area contributed by atoms with Crippen LogP contribution in [0.3, 0.4) is 0 Å². The third-order valence-electron chi connectivity index (χ3n) is 6.36. The van der Waals surface area contributed by atoms with Gasteiger partial charge in [-0.1, -0.05) is 30.3 Å². The van der Waals surface area contributed by atoms with Gasteiger partial charge in [-0.15, -0.1) is 13.2 Å². The lowest BCUT2D eigenvalue weighted by Crippen LogP contribution is -2.17. The molecule has 36 heavy (non-hydrogen) atoms. The van der Waals surface area contributed by atoms with Gasteiger partial charge in [0.25, 0.3) is 0 Å². The molecule has 6 nitrogen and oxygen atoms in total. The number of rotatable bonds is 7. The number of ether oxygens (including phenoxy) is 2. The van der Waals surface area contributed by atoms with Gasteiger partial charge < -0.3 is 19.4 Å². The first-order chi connectivity index (χ1) is 17.3. The van der Waals surface area contributed by atoms with Crippen molar-refractivity contribution in [2.75, 3.05) is 12.4 Å². The van der Waals surface area contributed by atoms with Crippen LogP contribution in [-0.4, -0.2) is 29.0 Å². The van der Waals surface area contributed by atoms with Crippen LogP contribution >= 0.6 is 0 Å². The zero-order valence-electron chi connectivity index (χ0n) is 19.5. The zero-order chi connectivity index (χ0) is 25.3. The SMILES string of the molecule is COC(=O)CCc1ccc2c(c1)nc(Nc1ccc(OC(F)(F)F)cc1)n2[C@@H]1CCc2ccccc21. The van der Waals surface area contributed by atoms with Gasteiger partial charge in [0.2, 0.25) is 5.95 Å². The Labute approximate surface area is 205 Å². The minimum absolute atomic E-state index is 0.0578. The molecule has 186 valence electrons. The van der Waals surface area contributed by atoms with Gasteiger partial charge >= 0.3 is 12.3 Å². The molecule has 4 aromatic rings. The Balaban J connectivity index is 1.51. The van der Waals surface area contributed by atoms with Crippen molar-refractivity contribution in [2.24, 2.45) is 0 Å². The molecule has 0 bridgehead atoms. The van der Waals surface area contributed by atoms with Gasteiger partial charge in [0.1, 0.15) is 5.75 Å². The van der Waals surface area contributed by atoms with Crippen molar-refractivity contribution in [3.8, 4) is 5.75 Å². The lowest BCUT2D eigenvalue weighted by Gasteiger charge is -2.19. The maximum absolute atomic E-state index is 12.5. The predicted molar refractivity (Wildman–Crippen MR) is 129 cm³/mol. The van der Waals surface area contributed by atoms with Gasteiger partial charge in [0, 0.05) is 12.1 Å². The van der Waals surface area contributed by atoms with E-state index in [9.17, 15) is 18.0 Å². The highest BCUT2D eigenvalue weighted by Crippen LogP contribution is 2.39. The van der Waals surface area contributed by atoms with Crippen LogP contribution in [0, 0.1) is 0 Å². The first kappa shape index (κ1) is 23.7. The molecule has 0 fully saturated rings. The summed E-state index contributed by atoms with van der Waals surface area (Å²) < 4.78 is 48.5. The quantitative estimate of drug-likeness (QED) is 0.304. The number of aryl methyl sites for hydroxylation is 2. The summed E-state index contributed by atoms with van der Waals surface area (Å²) in [6.45, 7) is 0. The summed E-state index contributed by atoms with van der Waals surface area (Å²) >= 11 is 0. The van der Waals surface area contributed by atoms with E-state index in [2.05, 4.69) is 26.8 Å². The highest BCUT2D eigenvalue weighted by atomic mass is 19.4. The van der Waals surface area contributed by atoms with Gasteiger partial charge in [-0.2, -0.15) is 0 Å². The van der Waals surface area contributed by atoms with Crippen LogP contribution in [0.15, 0.2) is 66.7 Å². The monoisotopic (exact) mass is 495 g/mol. The fourth-order valence-electron chi connectivity index (χ4n) is 4.72. The van der Waals surface area contributed by atoms with E-state index in [4.69, 9.17) is 9.72 Å². The molecule has 5 rings (SSSR count). The lowest BCUT2D eigenvalue weighted by molar-refractivity contribution is -0.274. The van der Waals surface area contributed by atoms with E-state index < -0.39 is 6.36 Å². The molecule has 9 heteroatoms. The van der Waals surface area contributed by atoms with Gasteiger partial charge in [-0.25, -0.2) is 4.98 Å². The summed E-state index contributed by atoms with van der Waals surface area (Å²) in [6.07, 6.45) is -2.09. The molecule has 0 radical (unpaired) electrons. The number of imidazole rings is 1. The van der Waals surface area contributed by atoms with Crippen LogP contribution in [-0.2, 0) is 22.4 Å². The Morgan fingerprint density at radius 2 is 1.89 bits per heavy atom. The molecule has 1 heterocycles. The molecule has 1 atom stereocenters. The number of fused-ring (bicyclic) bond motifs is 2. The van der Waals surface area contributed by atoms with Crippen molar-refractivity contribution < 1.29 is 27.4 Å². The predicted octanol–water partition coefficient (Wildman–Crippen LogP) is 6.32. The Morgan fingerprint density at radius 1 is 1.11 bits per heavy atom. The van der Waals surface area contributed by atoms with Crippen LogP contribution in [0.1, 0.15) is 35.6 Å². The fourth-order valence-corrected chi connectivity index (χ4v) is 4.72. The first-order valence-electron chi connectivity index (χ1n) is 11.6. The molecule has 1 N–H and O–H groups in total. The molecule has 0 aliphatic heterocycles. The summed E-state index contributed by atoms with van der Waals surface area (Å²) in [5, 5.41) is 3.28. The van der Waals surface area contributed by atoms with E-state index in [0.29, 0.717) is 18.1 Å². The second-order valence-electron chi connectivity index (χ2n) is 8.66. The van der Waals surface area contributed by atoms with Crippen molar-refractivity contribution in [1.82, 2.24) is 9.55 Å². The molecular weight excluding hydrogens is 471 g/mol. The van der Waals surface area contributed by atoms with E-state index in [1.54, 1.807) is 0 Å². The first-order valence-corrected chi connectivity index (χ1v) is 11.6. The van der Waals surface area contributed by atoms with E-state index >= 15 is 0 Å². The van der Waals surface area contributed by atoms with Crippen molar-refractivity contribution in [3.63, 3.8) is 0 Å². The van der Waals surface area contributed by atoms with Crippen LogP contribution in [0.4, 0.5) is 24.8 Å². The average Bonchev–Trinajstić information content (AvgIpc) is 3.43. The van der Waals surface area contributed by atoms with Crippen LogP contribution in [0.2, 0.25) is 0 Å². The minimum Gasteiger partial charge on any atom is -0.469 e. The highest BCUT2D eigenvalue weighted by Gasteiger charge is 2.31. The number of benzene rings is 3. The van der Waals surface area contributed by atoms with Crippen molar-refractivity contribution >= 4 is 28.6 Å². The number of alkyl halides is 3. The van der Waals surface area contributed by atoms with Crippen molar-refractivity contribution in [1.29, 1.82) is 0 Å². The van der Waals surface area contributed by atoms with Gasteiger partial charge in [-0.3, -0.25) is 4.79 Å². The summed E-state index contributed by atoms with van der Waals surface area (Å²) in [4.78, 5) is 16.4. The maximum Gasteiger partial charge on any atom is 0.573 e. The van der Waals surface area contributed by atoms with E-state index in [1.165, 1.54) is 42.5 Å². The topological polar surface area (TPSA) is 65.4 Å². The van der Waals surface area contributed by atoms with E-state index in [0.717, 1.165) is 29.4 Å². The largest absolute Gasteiger partial charge is 0.573 e. The number of carbonyl (C=O) groups excluding carboxylic acids is 1. The van der Waals surface area contributed by atoms with Crippen LogP contribution < -0.4 is 10.1 Å². The molecule has 3 aromatic carbocycles. The zero-order valence-corrected chi connectivity index (χ0v) is 19.5. The number of anilines is 2. The molecule has 0 unspecified atom stereocenters. The standard InChI is InChI=1S/C27H24F3N3O3/c1-35-25(34)15-7-17-6-13-24-22(16-17)32-26(31-19-9-11-20(12-10-19)36-27(28,29)30)33(24)23-14-8-18-4-2-3-5-21(18)23/h2-6,9-13,16,23H,7-8,14-15H2,1H3,(H,31,32)/t23-/m1/s1. The third-order valence-corrected chi connectivity index (χ3v) is 6.36. The number of carbonyl (C=O) groups is 1. The second-order valence-corrected chi connectivity index (χ2v) is 8.66. The number of halogens is 3. The van der Waals surface area contributed by atoms with Crippen molar-refractivity contribution in [3.05, 3.63) is 83.4 Å². The third kappa shape index (κ3) is 5.00. The minimum atomic E-state index is -4.75. The fraction of sp³-hybridized carbons (Fsp3) is 0.259. The van der Waals surface area contributed by atoms with Crippen LogP contribution in [0.25, 0.3) is 11.0 Å². The molecule has 1 aromatic heterocycles. The molecule has 0 saturated heterocycles. The van der Waals surface area contributed by atoms with Crippen molar-refractivity contribution in [2.45, 2.75) is 38.1 Å². The summed E-state index contributed by atoms with van der Waals surface area (Å²) in [6, 6.07) is 19.9. The molecule has 0 amide bonds. The van der Waals surface area contributed by atoms with E-state index in [-0.39, 0.29) is 24.2 Å². The summed E-state index contributed by atoms with van der Waals surface area (Å²) in [5.74, 6) is 0.0197. The number of nitrogens with one attached hydrogen (secondary N) is 1. The average molecular weight is 496 g/mol. The molecule has 1 aliphatic carbocycles. The Morgan fingerprint density at radius 3 is 2.64 bits per heavy atom. The number of nitrogens with zero attached hydrogens (tertiary/aromatic N) is 2. The highest BCUT2D eigenvalue weighted by molar-refractivity contribution is 5.81. The number of aromatic nitrogens is 2. The molecular formula is C27H24F3N3O3. The molecule has 1 aliphatic rings. The number of hydrogen-bond acceptors (Lipinski definition) is 5. The van der Waals surface area contributed by atoms with E-state index in [1.807, 2.05) is 30.3 Å². The summed E-state index contributed by atoms with van der Waals surface area (Å²) in [7, 11) is 1.37.